The van der Waals surface area contributed by atoms with E-state index in [0.29, 0.717) is 19.6 Å². The van der Waals surface area contributed by atoms with E-state index in [0.717, 1.165) is 16.7 Å². The van der Waals surface area contributed by atoms with Crippen LogP contribution in [0.2, 0.25) is 0 Å². The minimum Gasteiger partial charge on any atom is -0.351 e. The zero-order valence-electron chi connectivity index (χ0n) is 17.6. The third-order valence-corrected chi connectivity index (χ3v) is 7.09. The third kappa shape index (κ3) is 6.13. The predicted octanol–water partition coefficient (Wildman–Crippen LogP) is 2.99. The van der Waals surface area contributed by atoms with Crippen LogP contribution >= 0.6 is 0 Å². The van der Waals surface area contributed by atoms with Crippen LogP contribution in [0, 0.1) is 6.92 Å². The molecule has 0 unspecified atom stereocenters. The molecule has 6 nitrogen and oxygen atoms in total. The van der Waals surface area contributed by atoms with Crippen LogP contribution in [0.25, 0.3) is 0 Å². The highest BCUT2D eigenvalue weighted by Crippen LogP contribution is 2.19. The van der Waals surface area contributed by atoms with Gasteiger partial charge in [0.05, 0.1) is 11.4 Å². The highest BCUT2D eigenvalue weighted by Gasteiger charge is 2.21. The van der Waals surface area contributed by atoms with Crippen molar-refractivity contribution in [1.82, 2.24) is 14.9 Å². The number of sulfonamides is 1. The summed E-state index contributed by atoms with van der Waals surface area (Å²) in [6, 6.07) is 14.7. The fourth-order valence-corrected chi connectivity index (χ4v) is 4.53. The van der Waals surface area contributed by atoms with Crippen LogP contribution in [0.1, 0.15) is 43.5 Å². The van der Waals surface area contributed by atoms with Crippen LogP contribution in [0.3, 0.4) is 0 Å². The Labute approximate surface area is 174 Å². The predicted molar refractivity (Wildman–Crippen MR) is 116 cm³/mol. The largest absolute Gasteiger partial charge is 0.351 e. The molecular weight excluding hydrogens is 386 g/mol. The molecule has 0 spiro atoms. The highest BCUT2D eigenvalue weighted by molar-refractivity contribution is 7.89. The first-order valence-electron chi connectivity index (χ1n) is 9.94. The first kappa shape index (κ1) is 23.1. The van der Waals surface area contributed by atoms with E-state index in [2.05, 4.69) is 10.6 Å². The van der Waals surface area contributed by atoms with E-state index in [9.17, 15) is 13.2 Å². The van der Waals surface area contributed by atoms with Crippen molar-refractivity contribution in [3.8, 4) is 0 Å². The zero-order chi connectivity index (χ0) is 21.4. The first-order chi connectivity index (χ1) is 13.8. The second-order valence-electron chi connectivity index (χ2n) is 6.96. The molecule has 0 radical (unpaired) electrons. The van der Waals surface area contributed by atoms with E-state index in [1.54, 1.807) is 24.3 Å². The number of nitrogens with zero attached hydrogens (tertiary/aromatic N) is 1. The van der Waals surface area contributed by atoms with Crippen LogP contribution in [-0.2, 0) is 21.4 Å². The SMILES string of the molecule is CCN(CC)S(=O)(=O)c1ccc([C@H](C)NCC(=O)NCc2ccccc2C)cc1. The maximum atomic E-state index is 12.6. The average molecular weight is 418 g/mol. The molecule has 7 heteroatoms. The van der Waals surface area contributed by atoms with Gasteiger partial charge in [0.15, 0.2) is 0 Å². The van der Waals surface area contributed by atoms with Crippen LogP contribution in [-0.4, -0.2) is 38.3 Å². The van der Waals surface area contributed by atoms with Gasteiger partial charge in [0.25, 0.3) is 0 Å². The maximum absolute atomic E-state index is 12.6. The number of carbonyl (C=O) groups excluding carboxylic acids is 1. The topological polar surface area (TPSA) is 78.5 Å². The van der Waals surface area contributed by atoms with Gasteiger partial charge in [0.2, 0.25) is 15.9 Å². The number of rotatable bonds is 10. The third-order valence-electron chi connectivity index (χ3n) is 5.03. The summed E-state index contributed by atoms with van der Waals surface area (Å²) in [5.74, 6) is -0.0826. The molecule has 0 saturated carbocycles. The quantitative estimate of drug-likeness (QED) is 0.623. The van der Waals surface area contributed by atoms with Crippen molar-refractivity contribution in [3.05, 3.63) is 65.2 Å². The molecule has 0 aliphatic heterocycles. The number of nitrogens with one attached hydrogen (secondary N) is 2. The summed E-state index contributed by atoms with van der Waals surface area (Å²) >= 11 is 0. The molecule has 158 valence electrons. The maximum Gasteiger partial charge on any atom is 0.243 e. The summed E-state index contributed by atoms with van der Waals surface area (Å²) in [5, 5.41) is 6.10. The Bertz CT molecular complexity index is 907. The fraction of sp³-hybridized carbons (Fsp3) is 0.409. The lowest BCUT2D eigenvalue weighted by atomic mass is 10.1. The van der Waals surface area contributed by atoms with E-state index in [1.165, 1.54) is 4.31 Å². The minimum absolute atomic E-state index is 0.0792. The monoisotopic (exact) mass is 417 g/mol. The van der Waals surface area contributed by atoms with Crippen LogP contribution in [0.4, 0.5) is 0 Å². The zero-order valence-corrected chi connectivity index (χ0v) is 18.4. The molecule has 0 bridgehead atoms. The first-order valence-corrected chi connectivity index (χ1v) is 11.4. The Balaban J connectivity index is 1.90. The summed E-state index contributed by atoms with van der Waals surface area (Å²) in [6.45, 7) is 9.18. The van der Waals surface area contributed by atoms with Crippen LogP contribution in [0.5, 0.6) is 0 Å². The summed E-state index contributed by atoms with van der Waals surface area (Å²) in [5.41, 5.74) is 3.17. The molecule has 0 aliphatic rings. The van der Waals surface area contributed by atoms with E-state index in [4.69, 9.17) is 0 Å². The summed E-state index contributed by atoms with van der Waals surface area (Å²) in [6.07, 6.45) is 0. The van der Waals surface area contributed by atoms with Gasteiger partial charge in [-0.15, -0.1) is 0 Å². The van der Waals surface area contributed by atoms with Crippen molar-refractivity contribution in [1.29, 1.82) is 0 Å². The van der Waals surface area contributed by atoms with Crippen molar-refractivity contribution in [2.45, 2.75) is 45.2 Å². The Hall–Kier alpha value is -2.22. The van der Waals surface area contributed by atoms with Crippen molar-refractivity contribution < 1.29 is 13.2 Å². The Morgan fingerprint density at radius 2 is 1.66 bits per heavy atom. The number of carbonyl (C=O) groups is 1. The van der Waals surface area contributed by atoms with Gasteiger partial charge in [-0.3, -0.25) is 4.79 Å². The molecule has 0 fully saturated rings. The van der Waals surface area contributed by atoms with E-state index >= 15 is 0 Å². The fourth-order valence-electron chi connectivity index (χ4n) is 3.07. The molecule has 2 rings (SSSR count). The second kappa shape index (κ2) is 10.5. The standard InChI is InChI=1S/C22H31N3O3S/c1-5-25(6-2)29(27,28)21-13-11-19(12-14-21)18(4)23-16-22(26)24-15-20-10-8-7-9-17(20)3/h7-14,18,23H,5-6,15-16H2,1-4H3,(H,24,26)/t18-/m0/s1. The van der Waals surface area contributed by atoms with E-state index in [1.807, 2.05) is 52.0 Å². The van der Waals surface area contributed by atoms with Gasteiger partial charge in [-0.25, -0.2) is 8.42 Å². The van der Waals surface area contributed by atoms with Crippen LogP contribution in [0.15, 0.2) is 53.4 Å². The Kier molecular flexibility index (Phi) is 8.37. The molecule has 1 atom stereocenters. The summed E-state index contributed by atoms with van der Waals surface area (Å²) in [7, 11) is -3.46. The Morgan fingerprint density at radius 1 is 1.03 bits per heavy atom. The molecule has 1 amide bonds. The lowest BCUT2D eigenvalue weighted by Crippen LogP contribution is -2.34. The smallest absolute Gasteiger partial charge is 0.243 e. The Morgan fingerprint density at radius 3 is 2.24 bits per heavy atom. The second-order valence-corrected chi connectivity index (χ2v) is 8.90. The van der Waals surface area contributed by atoms with Gasteiger partial charge in [0, 0.05) is 25.7 Å². The number of hydrogen-bond acceptors (Lipinski definition) is 4. The van der Waals surface area contributed by atoms with Crippen molar-refractivity contribution in [3.63, 3.8) is 0 Å². The number of hydrogen-bond donors (Lipinski definition) is 2. The van der Waals surface area contributed by atoms with E-state index in [-0.39, 0.29) is 23.4 Å². The van der Waals surface area contributed by atoms with Gasteiger partial charge >= 0.3 is 0 Å². The molecular formula is C22H31N3O3S. The normalized spacial score (nSPS) is 12.7. The van der Waals surface area contributed by atoms with Gasteiger partial charge < -0.3 is 10.6 Å². The molecule has 0 saturated heterocycles. The highest BCUT2D eigenvalue weighted by atomic mass is 32.2. The van der Waals surface area contributed by atoms with Crippen molar-refractivity contribution >= 4 is 15.9 Å². The average Bonchev–Trinajstić information content (AvgIpc) is 2.72. The van der Waals surface area contributed by atoms with Gasteiger partial charge in [0.1, 0.15) is 0 Å². The number of benzene rings is 2. The molecule has 0 aromatic heterocycles. The number of amides is 1. The molecule has 0 aliphatic carbocycles. The van der Waals surface area contributed by atoms with Gasteiger partial charge in [-0.05, 0) is 42.7 Å². The summed E-state index contributed by atoms with van der Waals surface area (Å²) < 4.78 is 26.6. The van der Waals surface area contributed by atoms with Crippen LogP contribution < -0.4 is 10.6 Å². The van der Waals surface area contributed by atoms with Gasteiger partial charge in [-0.1, -0.05) is 50.2 Å². The molecule has 29 heavy (non-hydrogen) atoms. The molecule has 2 aromatic rings. The lowest BCUT2D eigenvalue weighted by Gasteiger charge is -2.19. The minimum atomic E-state index is -3.46. The van der Waals surface area contributed by atoms with Crippen molar-refractivity contribution in [2.75, 3.05) is 19.6 Å². The van der Waals surface area contributed by atoms with E-state index < -0.39 is 10.0 Å². The molecule has 2 aromatic carbocycles. The lowest BCUT2D eigenvalue weighted by molar-refractivity contribution is -0.120. The van der Waals surface area contributed by atoms with Crippen molar-refractivity contribution in [2.24, 2.45) is 0 Å². The number of aryl methyl sites for hydroxylation is 1. The van der Waals surface area contributed by atoms with Gasteiger partial charge in [-0.2, -0.15) is 4.31 Å². The molecule has 0 heterocycles. The molecule has 2 N–H and O–H groups in total. The summed E-state index contributed by atoms with van der Waals surface area (Å²) in [4.78, 5) is 12.4.